The first-order valence-electron chi connectivity index (χ1n) is 9.82. The monoisotopic (exact) mass is 427 g/mol. The van der Waals surface area contributed by atoms with Crippen LogP contribution in [0.3, 0.4) is 0 Å². The number of hydrogen-bond acceptors (Lipinski definition) is 4. The molecule has 1 amide bonds. The zero-order valence-corrected chi connectivity index (χ0v) is 18.3. The molecule has 158 valence electrons. The minimum atomic E-state index is -1.06. The summed E-state index contributed by atoms with van der Waals surface area (Å²) in [4.78, 5) is 20.2. The smallest absolute Gasteiger partial charge is 0.405 e. The van der Waals surface area contributed by atoms with Gasteiger partial charge in [0.1, 0.15) is 12.4 Å². The molecular weight excluding hydrogens is 402 g/mol. The normalized spacial score (nSPS) is 13.3. The quantitative estimate of drug-likeness (QED) is 0.504. The molecule has 3 rings (SSSR count). The number of aromatic nitrogens is 2. The highest BCUT2D eigenvalue weighted by Crippen LogP contribution is 2.30. The second-order valence-electron chi connectivity index (χ2n) is 8.23. The summed E-state index contributed by atoms with van der Waals surface area (Å²) in [6, 6.07) is 9.49. The van der Waals surface area contributed by atoms with Crippen LogP contribution in [-0.2, 0) is 0 Å². The van der Waals surface area contributed by atoms with Crippen molar-refractivity contribution in [2.45, 2.75) is 39.7 Å². The van der Waals surface area contributed by atoms with Gasteiger partial charge in [0.25, 0.3) is 0 Å². The Labute approximate surface area is 181 Å². The first-order valence-corrected chi connectivity index (χ1v) is 10.2. The van der Waals surface area contributed by atoms with Gasteiger partial charge in [-0.25, -0.2) is 4.79 Å². The molecule has 30 heavy (non-hydrogen) atoms. The maximum Gasteiger partial charge on any atom is 0.405 e. The van der Waals surface area contributed by atoms with Gasteiger partial charge in [0.15, 0.2) is 0 Å². The number of aryl methyl sites for hydroxylation is 1. The highest BCUT2D eigenvalue weighted by atomic mass is 35.5. The van der Waals surface area contributed by atoms with Gasteiger partial charge in [-0.05, 0) is 56.0 Å². The lowest BCUT2D eigenvalue weighted by molar-refractivity contribution is 0.142. The van der Waals surface area contributed by atoms with Gasteiger partial charge in [0.2, 0.25) is 0 Å². The summed E-state index contributed by atoms with van der Waals surface area (Å²) in [6.07, 6.45) is 3.03. The molecule has 0 saturated carbocycles. The summed E-state index contributed by atoms with van der Waals surface area (Å²) in [6.45, 7) is 8.12. The molecule has 7 heteroatoms. The molecule has 1 unspecified atom stereocenters. The van der Waals surface area contributed by atoms with Crippen LogP contribution in [0.25, 0.3) is 22.2 Å². The lowest BCUT2D eigenvalue weighted by atomic mass is 9.91. The van der Waals surface area contributed by atoms with E-state index in [9.17, 15) is 9.90 Å². The van der Waals surface area contributed by atoms with Crippen molar-refractivity contribution >= 4 is 28.6 Å². The second kappa shape index (κ2) is 8.88. The molecule has 1 atom stereocenters. The first-order chi connectivity index (χ1) is 14.2. The third-order valence-corrected chi connectivity index (χ3v) is 5.09. The summed E-state index contributed by atoms with van der Waals surface area (Å²) < 4.78 is 5.98. The van der Waals surface area contributed by atoms with Gasteiger partial charge in [-0.15, -0.1) is 0 Å². The van der Waals surface area contributed by atoms with E-state index >= 15 is 0 Å². The fraction of sp³-hybridized carbons (Fsp3) is 0.348. The average Bonchev–Trinajstić information content (AvgIpc) is 2.65. The van der Waals surface area contributed by atoms with Crippen molar-refractivity contribution in [1.82, 2.24) is 15.3 Å². The van der Waals surface area contributed by atoms with E-state index in [0.29, 0.717) is 23.1 Å². The van der Waals surface area contributed by atoms with Crippen LogP contribution in [0.4, 0.5) is 4.79 Å². The minimum absolute atomic E-state index is 0.218. The fourth-order valence-electron chi connectivity index (χ4n) is 3.73. The van der Waals surface area contributed by atoms with E-state index < -0.39 is 11.6 Å². The van der Waals surface area contributed by atoms with Crippen LogP contribution in [0.2, 0.25) is 5.02 Å². The number of pyridine rings is 2. The zero-order valence-electron chi connectivity index (χ0n) is 17.6. The number of nitrogens with zero attached hydrogens (tertiary/aromatic N) is 2. The molecule has 2 aromatic heterocycles. The summed E-state index contributed by atoms with van der Waals surface area (Å²) in [5, 5.41) is 13.4. The van der Waals surface area contributed by atoms with Crippen molar-refractivity contribution in [3.8, 4) is 17.0 Å². The van der Waals surface area contributed by atoms with Gasteiger partial charge < -0.3 is 15.2 Å². The van der Waals surface area contributed by atoms with Gasteiger partial charge in [0.05, 0.1) is 22.9 Å². The van der Waals surface area contributed by atoms with Crippen molar-refractivity contribution in [2.75, 3.05) is 6.61 Å². The van der Waals surface area contributed by atoms with Crippen molar-refractivity contribution in [1.29, 1.82) is 0 Å². The van der Waals surface area contributed by atoms with Crippen molar-refractivity contribution in [3.05, 3.63) is 53.3 Å². The number of benzene rings is 1. The molecule has 0 fully saturated rings. The number of amides is 1. The predicted molar refractivity (Wildman–Crippen MR) is 119 cm³/mol. The zero-order chi connectivity index (χ0) is 21.9. The maximum atomic E-state index is 11.2. The summed E-state index contributed by atoms with van der Waals surface area (Å²) >= 11 is 6.08. The third-order valence-electron chi connectivity index (χ3n) is 4.86. The number of rotatable bonds is 7. The number of carboxylic acid groups (broad SMARTS) is 1. The Kier molecular flexibility index (Phi) is 6.46. The molecule has 0 aliphatic heterocycles. The molecule has 2 heterocycles. The Bertz CT molecular complexity index is 1070. The molecule has 0 bridgehead atoms. The molecule has 0 saturated heterocycles. The number of nitrogens with one attached hydrogen (secondary N) is 1. The average molecular weight is 428 g/mol. The number of halogens is 1. The molecule has 0 aliphatic carbocycles. The molecule has 0 spiro atoms. The highest BCUT2D eigenvalue weighted by molar-refractivity contribution is 6.31. The number of carbonyl (C=O) groups is 1. The molecular formula is C23H26ClN3O3. The standard InChI is InChI=1S/C23H26ClN3O3/c1-14(2)11-23(4,27-22(28)29)13-30-21-12-26-19(9-15(21)3)18-7-8-25-20-10-16(24)5-6-17(18)20/h5-10,12,14,27H,11,13H2,1-4H3,(H,28,29). The molecule has 3 aromatic rings. The molecule has 2 N–H and O–H groups in total. The van der Waals surface area contributed by atoms with E-state index in [1.54, 1.807) is 12.4 Å². The third kappa shape index (κ3) is 5.19. The van der Waals surface area contributed by atoms with Crippen LogP contribution in [0.15, 0.2) is 42.7 Å². The van der Waals surface area contributed by atoms with Crippen LogP contribution >= 0.6 is 11.6 Å². The summed E-state index contributed by atoms with van der Waals surface area (Å²) in [5.41, 5.74) is 2.81. The first kappa shape index (κ1) is 21.8. The summed E-state index contributed by atoms with van der Waals surface area (Å²) in [5.74, 6) is 0.947. The summed E-state index contributed by atoms with van der Waals surface area (Å²) in [7, 11) is 0. The Morgan fingerprint density at radius 3 is 2.70 bits per heavy atom. The predicted octanol–water partition coefficient (Wildman–Crippen LogP) is 5.71. The molecule has 1 aromatic carbocycles. The van der Waals surface area contributed by atoms with Crippen molar-refractivity contribution in [3.63, 3.8) is 0 Å². The maximum absolute atomic E-state index is 11.2. The lowest BCUT2D eigenvalue weighted by Gasteiger charge is -2.31. The van der Waals surface area contributed by atoms with Gasteiger partial charge in [0, 0.05) is 22.2 Å². The van der Waals surface area contributed by atoms with E-state index in [4.69, 9.17) is 16.3 Å². The van der Waals surface area contributed by atoms with Crippen LogP contribution in [0.5, 0.6) is 5.75 Å². The van der Waals surface area contributed by atoms with Gasteiger partial charge in [-0.1, -0.05) is 31.5 Å². The van der Waals surface area contributed by atoms with Crippen LogP contribution in [0.1, 0.15) is 32.8 Å². The van der Waals surface area contributed by atoms with E-state index in [1.807, 2.05) is 44.2 Å². The number of fused-ring (bicyclic) bond motifs is 1. The number of ether oxygens (including phenoxy) is 1. The van der Waals surface area contributed by atoms with E-state index in [-0.39, 0.29) is 6.61 Å². The van der Waals surface area contributed by atoms with Crippen molar-refractivity contribution < 1.29 is 14.6 Å². The fourth-order valence-corrected chi connectivity index (χ4v) is 3.90. The second-order valence-corrected chi connectivity index (χ2v) is 8.67. The van der Waals surface area contributed by atoms with E-state index in [1.165, 1.54) is 0 Å². The van der Waals surface area contributed by atoms with Crippen molar-refractivity contribution in [2.24, 2.45) is 5.92 Å². The Morgan fingerprint density at radius 1 is 1.27 bits per heavy atom. The largest absolute Gasteiger partial charge is 0.489 e. The van der Waals surface area contributed by atoms with Crippen LogP contribution in [-0.4, -0.2) is 33.3 Å². The van der Waals surface area contributed by atoms with E-state index in [2.05, 4.69) is 29.1 Å². The number of hydrogen-bond donors (Lipinski definition) is 2. The van der Waals surface area contributed by atoms with Crippen LogP contribution in [0, 0.1) is 12.8 Å². The lowest BCUT2D eigenvalue weighted by Crippen LogP contribution is -2.50. The highest BCUT2D eigenvalue weighted by Gasteiger charge is 2.29. The minimum Gasteiger partial charge on any atom is -0.489 e. The molecule has 6 nitrogen and oxygen atoms in total. The molecule has 0 aliphatic rings. The Hall–Kier alpha value is -2.86. The SMILES string of the molecule is Cc1cc(-c2ccnc3cc(Cl)ccc23)ncc1OCC(C)(CC(C)C)NC(=O)O. The Balaban J connectivity index is 1.85. The van der Waals surface area contributed by atoms with Gasteiger partial charge in [-0.2, -0.15) is 0 Å². The Morgan fingerprint density at radius 2 is 2.03 bits per heavy atom. The van der Waals surface area contributed by atoms with Crippen LogP contribution < -0.4 is 10.1 Å². The van der Waals surface area contributed by atoms with Gasteiger partial charge in [-0.3, -0.25) is 9.97 Å². The molecule has 0 radical (unpaired) electrons. The van der Waals surface area contributed by atoms with E-state index in [0.717, 1.165) is 27.7 Å². The topological polar surface area (TPSA) is 84.3 Å². The van der Waals surface area contributed by atoms with Gasteiger partial charge >= 0.3 is 6.09 Å².